The highest BCUT2D eigenvalue weighted by Gasteiger charge is 2.26. The predicted molar refractivity (Wildman–Crippen MR) is 132 cm³/mol. The van der Waals surface area contributed by atoms with Crippen molar-refractivity contribution in [1.82, 2.24) is 24.9 Å². The average molecular weight is 480 g/mol. The summed E-state index contributed by atoms with van der Waals surface area (Å²) in [6.45, 7) is 10.8. The Labute approximate surface area is 203 Å². The fourth-order valence-corrected chi connectivity index (χ4v) is 4.20. The lowest BCUT2D eigenvalue weighted by atomic mass is 9.96. The van der Waals surface area contributed by atoms with Crippen LogP contribution in [0.4, 0.5) is 0 Å². The Kier molecular flexibility index (Phi) is 6.92. The Balaban J connectivity index is 1.73. The number of rotatable bonds is 8. The van der Waals surface area contributed by atoms with Gasteiger partial charge in [-0.25, -0.2) is 0 Å². The second-order valence-electron chi connectivity index (χ2n) is 8.77. The number of nitrogens with zero attached hydrogens (tertiary/aromatic N) is 5. The van der Waals surface area contributed by atoms with E-state index in [9.17, 15) is 0 Å². The van der Waals surface area contributed by atoms with Gasteiger partial charge in [0.1, 0.15) is 11.5 Å². The van der Waals surface area contributed by atoms with Gasteiger partial charge in [0.2, 0.25) is 5.89 Å². The van der Waals surface area contributed by atoms with Crippen LogP contribution in [0.2, 0.25) is 0 Å². The van der Waals surface area contributed by atoms with Gasteiger partial charge >= 0.3 is 0 Å². The van der Waals surface area contributed by atoms with Crippen molar-refractivity contribution in [1.29, 1.82) is 0 Å². The van der Waals surface area contributed by atoms with Crippen molar-refractivity contribution < 1.29 is 14.0 Å². The fraction of sp³-hybridized carbons (Fsp3) is 0.360. The molecular weight excluding hydrogens is 450 g/mol. The summed E-state index contributed by atoms with van der Waals surface area (Å²) in [6.07, 6.45) is 0. The van der Waals surface area contributed by atoms with E-state index in [1.165, 1.54) is 11.8 Å². The van der Waals surface area contributed by atoms with Crippen LogP contribution in [0.25, 0.3) is 17.1 Å². The number of thioether (sulfide) groups is 1. The van der Waals surface area contributed by atoms with Gasteiger partial charge in [-0.1, -0.05) is 49.8 Å². The summed E-state index contributed by atoms with van der Waals surface area (Å²) in [7, 11) is 1.65. The van der Waals surface area contributed by atoms with Crippen LogP contribution in [-0.4, -0.2) is 38.6 Å². The van der Waals surface area contributed by atoms with Crippen LogP contribution in [0.15, 0.2) is 58.2 Å². The minimum absolute atomic E-state index is 0.118. The smallest absolute Gasteiger partial charge is 0.239 e. The molecule has 0 saturated heterocycles. The zero-order valence-electron chi connectivity index (χ0n) is 20.3. The van der Waals surface area contributed by atoms with E-state index in [0.29, 0.717) is 29.3 Å². The monoisotopic (exact) mass is 479 g/mol. The maximum absolute atomic E-state index is 5.62. The molecule has 1 unspecified atom stereocenters. The first-order valence-electron chi connectivity index (χ1n) is 11.1. The normalized spacial score (nSPS) is 12.5. The maximum atomic E-state index is 5.62. The standard InChI is InChI=1S/C25H29N5O3S/c1-7-32-19-13-11-18(12-14-19)30-21(17-9-8-10-20(15-17)31-6)27-28-24(30)34-16(2)22-26-23(29-33-22)25(3,4)5/h8-16H,7H2,1-6H3. The van der Waals surface area contributed by atoms with Gasteiger partial charge in [0.15, 0.2) is 16.8 Å². The summed E-state index contributed by atoms with van der Waals surface area (Å²) in [5.74, 6) is 3.50. The molecule has 0 spiro atoms. The third-order valence-corrected chi connectivity index (χ3v) is 6.14. The molecule has 178 valence electrons. The molecule has 0 fully saturated rings. The molecule has 4 aromatic rings. The number of benzene rings is 2. The van der Waals surface area contributed by atoms with E-state index >= 15 is 0 Å². The van der Waals surface area contributed by atoms with E-state index in [1.807, 2.05) is 66.9 Å². The summed E-state index contributed by atoms with van der Waals surface area (Å²) in [5.41, 5.74) is 1.63. The quantitative estimate of drug-likeness (QED) is 0.290. The van der Waals surface area contributed by atoms with Crippen LogP contribution in [0.1, 0.15) is 51.6 Å². The highest BCUT2D eigenvalue weighted by Crippen LogP contribution is 2.37. The Morgan fingerprint density at radius 2 is 1.82 bits per heavy atom. The first-order chi connectivity index (χ1) is 16.3. The summed E-state index contributed by atoms with van der Waals surface area (Å²) in [6, 6.07) is 15.7. The molecule has 0 N–H and O–H groups in total. The van der Waals surface area contributed by atoms with Crippen LogP contribution in [0.5, 0.6) is 11.5 Å². The highest BCUT2D eigenvalue weighted by atomic mass is 32.2. The van der Waals surface area contributed by atoms with Gasteiger partial charge in [-0.3, -0.25) is 4.57 Å². The molecule has 0 aliphatic heterocycles. The van der Waals surface area contributed by atoms with E-state index < -0.39 is 0 Å². The van der Waals surface area contributed by atoms with Gasteiger partial charge < -0.3 is 14.0 Å². The van der Waals surface area contributed by atoms with Crippen LogP contribution in [0.3, 0.4) is 0 Å². The zero-order chi connectivity index (χ0) is 24.3. The summed E-state index contributed by atoms with van der Waals surface area (Å²) < 4.78 is 18.6. The second-order valence-corrected chi connectivity index (χ2v) is 10.1. The number of hydrogen-bond acceptors (Lipinski definition) is 8. The van der Waals surface area contributed by atoms with Crippen LogP contribution < -0.4 is 9.47 Å². The van der Waals surface area contributed by atoms with Crippen LogP contribution in [0, 0.1) is 0 Å². The molecule has 0 aliphatic carbocycles. The van der Waals surface area contributed by atoms with Gasteiger partial charge in [-0.2, -0.15) is 4.98 Å². The van der Waals surface area contributed by atoms with Crippen molar-refractivity contribution in [2.24, 2.45) is 0 Å². The minimum Gasteiger partial charge on any atom is -0.497 e. The molecule has 0 saturated carbocycles. The first-order valence-corrected chi connectivity index (χ1v) is 12.0. The molecule has 34 heavy (non-hydrogen) atoms. The minimum atomic E-state index is -0.187. The molecule has 4 rings (SSSR count). The molecular formula is C25H29N5O3S. The molecule has 1 atom stereocenters. The van der Waals surface area contributed by atoms with Gasteiger partial charge in [-0.05, 0) is 50.2 Å². The third-order valence-electron chi connectivity index (χ3n) is 5.11. The van der Waals surface area contributed by atoms with E-state index in [1.54, 1.807) is 7.11 Å². The average Bonchev–Trinajstić information content (AvgIpc) is 3.48. The molecule has 0 bridgehead atoms. The van der Waals surface area contributed by atoms with Crippen molar-refractivity contribution in [2.75, 3.05) is 13.7 Å². The summed E-state index contributed by atoms with van der Waals surface area (Å²) in [4.78, 5) is 4.61. The first kappa shape index (κ1) is 23.8. The molecule has 2 aromatic heterocycles. The Morgan fingerprint density at radius 1 is 1.06 bits per heavy atom. The SMILES string of the molecule is CCOc1ccc(-n2c(SC(C)c3nc(C(C)(C)C)no3)nnc2-c2cccc(OC)c2)cc1. The lowest BCUT2D eigenvalue weighted by molar-refractivity contribution is 0.340. The zero-order valence-corrected chi connectivity index (χ0v) is 21.1. The van der Waals surface area contributed by atoms with E-state index in [-0.39, 0.29) is 10.7 Å². The van der Waals surface area contributed by atoms with Crippen LogP contribution in [-0.2, 0) is 5.41 Å². The van der Waals surface area contributed by atoms with Crippen molar-refractivity contribution in [3.8, 4) is 28.6 Å². The number of methoxy groups -OCH3 is 1. The molecule has 0 radical (unpaired) electrons. The molecule has 0 amide bonds. The number of aromatic nitrogens is 5. The topological polar surface area (TPSA) is 88.1 Å². The molecule has 9 heteroatoms. The third kappa shape index (κ3) is 5.09. The Bertz CT molecular complexity index is 1240. The van der Waals surface area contributed by atoms with Crippen molar-refractivity contribution in [2.45, 2.75) is 50.4 Å². The maximum Gasteiger partial charge on any atom is 0.239 e. The molecule has 8 nitrogen and oxygen atoms in total. The second kappa shape index (κ2) is 9.89. The predicted octanol–water partition coefficient (Wildman–Crippen LogP) is 5.88. The lowest BCUT2D eigenvalue weighted by Gasteiger charge is -2.13. The van der Waals surface area contributed by atoms with Crippen molar-refractivity contribution in [3.05, 3.63) is 60.2 Å². The van der Waals surface area contributed by atoms with Crippen LogP contribution >= 0.6 is 11.8 Å². The Morgan fingerprint density at radius 3 is 2.47 bits per heavy atom. The largest absolute Gasteiger partial charge is 0.497 e. The summed E-state index contributed by atoms with van der Waals surface area (Å²) in [5, 5.41) is 13.8. The Hall–Kier alpha value is -3.33. The van der Waals surface area contributed by atoms with E-state index in [0.717, 1.165) is 22.7 Å². The van der Waals surface area contributed by atoms with Crippen molar-refractivity contribution in [3.63, 3.8) is 0 Å². The van der Waals surface area contributed by atoms with Gasteiger partial charge in [0.05, 0.1) is 19.0 Å². The van der Waals surface area contributed by atoms with Crippen molar-refractivity contribution >= 4 is 11.8 Å². The lowest BCUT2D eigenvalue weighted by Crippen LogP contribution is -2.13. The van der Waals surface area contributed by atoms with Gasteiger partial charge in [-0.15, -0.1) is 10.2 Å². The van der Waals surface area contributed by atoms with Gasteiger partial charge in [0.25, 0.3) is 0 Å². The molecule has 0 aliphatic rings. The fourth-order valence-electron chi connectivity index (χ4n) is 3.30. The van der Waals surface area contributed by atoms with E-state index in [4.69, 9.17) is 14.0 Å². The molecule has 2 aromatic carbocycles. The molecule has 2 heterocycles. The number of hydrogen-bond donors (Lipinski definition) is 0. The van der Waals surface area contributed by atoms with Gasteiger partial charge in [0, 0.05) is 16.7 Å². The van der Waals surface area contributed by atoms with E-state index in [2.05, 4.69) is 41.1 Å². The highest BCUT2D eigenvalue weighted by molar-refractivity contribution is 7.99. The summed E-state index contributed by atoms with van der Waals surface area (Å²) >= 11 is 1.51. The number of ether oxygens (including phenoxy) is 2.